The van der Waals surface area contributed by atoms with Crippen molar-refractivity contribution in [1.82, 2.24) is 4.31 Å². The first-order chi connectivity index (χ1) is 8.02. The van der Waals surface area contributed by atoms with Crippen molar-refractivity contribution in [3.8, 4) is 0 Å². The van der Waals surface area contributed by atoms with Crippen LogP contribution in [0, 0.1) is 6.92 Å². The summed E-state index contributed by atoms with van der Waals surface area (Å²) in [5.74, 6) is 0. The van der Waals surface area contributed by atoms with Gasteiger partial charge in [-0.2, -0.15) is 4.31 Å². The molecule has 0 unspecified atom stereocenters. The Kier molecular flexibility index (Phi) is 5.11. The second-order valence-corrected chi connectivity index (χ2v) is 5.94. The SMILES string of the molecule is CCCN(CCN)S(=O)(=O)c1ccc(C)cc1. The Morgan fingerprint density at radius 3 is 2.24 bits per heavy atom. The number of hydrogen-bond donors (Lipinski definition) is 1. The van der Waals surface area contributed by atoms with E-state index in [1.54, 1.807) is 24.3 Å². The Hall–Kier alpha value is -0.910. The van der Waals surface area contributed by atoms with E-state index in [0.717, 1.165) is 12.0 Å². The summed E-state index contributed by atoms with van der Waals surface area (Å²) in [6.45, 7) is 5.09. The molecule has 1 rings (SSSR count). The monoisotopic (exact) mass is 256 g/mol. The first kappa shape index (κ1) is 14.2. The highest BCUT2D eigenvalue weighted by molar-refractivity contribution is 7.89. The molecule has 4 nitrogen and oxygen atoms in total. The lowest BCUT2D eigenvalue weighted by atomic mass is 10.2. The summed E-state index contributed by atoms with van der Waals surface area (Å²) >= 11 is 0. The zero-order valence-electron chi connectivity index (χ0n) is 10.4. The minimum atomic E-state index is -3.39. The first-order valence-electron chi connectivity index (χ1n) is 5.79. The number of hydrogen-bond acceptors (Lipinski definition) is 3. The summed E-state index contributed by atoms with van der Waals surface area (Å²) < 4.78 is 26.0. The van der Waals surface area contributed by atoms with Gasteiger partial charge in [0.1, 0.15) is 0 Å². The van der Waals surface area contributed by atoms with E-state index in [-0.39, 0.29) is 0 Å². The molecule has 0 aliphatic heterocycles. The Morgan fingerprint density at radius 2 is 1.76 bits per heavy atom. The van der Waals surface area contributed by atoms with Crippen LogP contribution in [-0.2, 0) is 10.0 Å². The average Bonchev–Trinajstić information content (AvgIpc) is 2.29. The van der Waals surface area contributed by atoms with Gasteiger partial charge in [0.15, 0.2) is 0 Å². The summed E-state index contributed by atoms with van der Waals surface area (Å²) in [6, 6.07) is 6.90. The maximum Gasteiger partial charge on any atom is 0.243 e. The van der Waals surface area contributed by atoms with E-state index in [4.69, 9.17) is 5.73 Å². The second-order valence-electron chi connectivity index (χ2n) is 4.01. The third-order valence-corrected chi connectivity index (χ3v) is 4.42. The van der Waals surface area contributed by atoms with Crippen molar-refractivity contribution in [3.05, 3.63) is 29.8 Å². The van der Waals surface area contributed by atoms with Crippen LogP contribution in [0.1, 0.15) is 18.9 Å². The third kappa shape index (κ3) is 3.52. The van der Waals surface area contributed by atoms with Crippen molar-refractivity contribution < 1.29 is 8.42 Å². The lowest BCUT2D eigenvalue weighted by Crippen LogP contribution is -2.35. The minimum absolute atomic E-state index is 0.338. The molecule has 96 valence electrons. The number of nitrogens with two attached hydrogens (primary N) is 1. The molecule has 17 heavy (non-hydrogen) atoms. The molecule has 0 saturated heterocycles. The van der Waals surface area contributed by atoms with Crippen molar-refractivity contribution >= 4 is 10.0 Å². The summed E-state index contributed by atoms with van der Waals surface area (Å²) in [6.07, 6.45) is 0.783. The van der Waals surface area contributed by atoms with Gasteiger partial charge in [-0.05, 0) is 25.5 Å². The van der Waals surface area contributed by atoms with Crippen LogP contribution in [0.3, 0.4) is 0 Å². The van der Waals surface area contributed by atoms with Gasteiger partial charge in [-0.1, -0.05) is 24.6 Å². The van der Waals surface area contributed by atoms with Crippen LogP contribution in [0.15, 0.2) is 29.2 Å². The third-order valence-electron chi connectivity index (χ3n) is 2.51. The quantitative estimate of drug-likeness (QED) is 0.835. The van der Waals surface area contributed by atoms with E-state index in [9.17, 15) is 8.42 Å². The predicted molar refractivity (Wildman–Crippen MR) is 69.3 cm³/mol. The lowest BCUT2D eigenvalue weighted by molar-refractivity contribution is 0.418. The van der Waals surface area contributed by atoms with Gasteiger partial charge in [0.25, 0.3) is 0 Å². The van der Waals surface area contributed by atoms with Crippen molar-refractivity contribution in [3.63, 3.8) is 0 Å². The van der Waals surface area contributed by atoms with Crippen LogP contribution < -0.4 is 5.73 Å². The zero-order valence-corrected chi connectivity index (χ0v) is 11.2. The fourth-order valence-corrected chi connectivity index (χ4v) is 3.15. The molecule has 0 amide bonds. The molecule has 0 bridgehead atoms. The van der Waals surface area contributed by atoms with Crippen LogP contribution in [0.4, 0.5) is 0 Å². The first-order valence-corrected chi connectivity index (χ1v) is 7.23. The number of nitrogens with zero attached hydrogens (tertiary/aromatic N) is 1. The Balaban J connectivity index is 3.02. The minimum Gasteiger partial charge on any atom is -0.329 e. The molecule has 0 spiro atoms. The van der Waals surface area contributed by atoms with E-state index in [1.807, 2.05) is 13.8 Å². The van der Waals surface area contributed by atoms with Gasteiger partial charge in [0.05, 0.1) is 4.90 Å². The summed E-state index contributed by atoms with van der Waals surface area (Å²) in [5, 5.41) is 0. The molecule has 0 saturated carbocycles. The molecule has 2 N–H and O–H groups in total. The fourth-order valence-electron chi connectivity index (χ4n) is 1.60. The van der Waals surface area contributed by atoms with Crippen LogP contribution in [0.25, 0.3) is 0 Å². The van der Waals surface area contributed by atoms with Crippen molar-refractivity contribution in [1.29, 1.82) is 0 Å². The van der Waals surface area contributed by atoms with Gasteiger partial charge in [0, 0.05) is 19.6 Å². The van der Waals surface area contributed by atoms with Gasteiger partial charge in [0.2, 0.25) is 10.0 Å². The molecule has 0 radical (unpaired) electrons. The fraction of sp³-hybridized carbons (Fsp3) is 0.500. The van der Waals surface area contributed by atoms with Crippen molar-refractivity contribution in [2.45, 2.75) is 25.2 Å². The summed E-state index contributed by atoms with van der Waals surface area (Å²) in [7, 11) is -3.39. The highest BCUT2D eigenvalue weighted by Crippen LogP contribution is 2.16. The van der Waals surface area contributed by atoms with Crippen LogP contribution in [0.2, 0.25) is 0 Å². The van der Waals surface area contributed by atoms with Gasteiger partial charge in [-0.25, -0.2) is 8.42 Å². The second kappa shape index (κ2) is 6.14. The summed E-state index contributed by atoms with van der Waals surface area (Å²) in [4.78, 5) is 0.338. The molecular weight excluding hydrogens is 236 g/mol. The predicted octanol–water partition coefficient (Wildman–Crippen LogP) is 1.35. The average molecular weight is 256 g/mol. The molecule has 1 aromatic carbocycles. The number of aryl methyl sites for hydroxylation is 1. The number of rotatable bonds is 6. The van der Waals surface area contributed by atoms with E-state index in [1.165, 1.54) is 4.31 Å². The number of sulfonamides is 1. The molecule has 0 aromatic heterocycles. The van der Waals surface area contributed by atoms with Crippen molar-refractivity contribution in [2.75, 3.05) is 19.6 Å². The molecule has 0 aliphatic carbocycles. The standard InChI is InChI=1S/C12H20N2O2S/c1-3-9-14(10-8-13)17(15,16)12-6-4-11(2)5-7-12/h4-7H,3,8-10,13H2,1-2H3. The Morgan fingerprint density at radius 1 is 1.18 bits per heavy atom. The van der Waals surface area contributed by atoms with E-state index in [0.29, 0.717) is 24.5 Å². The highest BCUT2D eigenvalue weighted by atomic mass is 32.2. The smallest absolute Gasteiger partial charge is 0.243 e. The summed E-state index contributed by atoms with van der Waals surface area (Å²) in [5.41, 5.74) is 6.50. The van der Waals surface area contributed by atoms with Crippen molar-refractivity contribution in [2.24, 2.45) is 5.73 Å². The molecule has 0 aliphatic rings. The topological polar surface area (TPSA) is 63.4 Å². The molecular formula is C12H20N2O2S. The molecule has 0 heterocycles. The Labute approximate surface area is 103 Å². The molecule has 0 atom stereocenters. The van der Waals surface area contributed by atoms with Gasteiger partial charge >= 0.3 is 0 Å². The van der Waals surface area contributed by atoms with E-state index in [2.05, 4.69) is 0 Å². The van der Waals surface area contributed by atoms with Crippen LogP contribution >= 0.6 is 0 Å². The Bertz CT molecular complexity index is 434. The molecule has 5 heteroatoms. The zero-order chi connectivity index (χ0) is 12.9. The van der Waals surface area contributed by atoms with E-state index < -0.39 is 10.0 Å². The maximum absolute atomic E-state index is 12.3. The largest absolute Gasteiger partial charge is 0.329 e. The van der Waals surface area contributed by atoms with Gasteiger partial charge < -0.3 is 5.73 Å². The van der Waals surface area contributed by atoms with Gasteiger partial charge in [-0.3, -0.25) is 0 Å². The normalized spacial score (nSPS) is 12.0. The highest BCUT2D eigenvalue weighted by Gasteiger charge is 2.22. The number of benzene rings is 1. The maximum atomic E-state index is 12.3. The molecule has 1 aromatic rings. The van der Waals surface area contributed by atoms with Gasteiger partial charge in [-0.15, -0.1) is 0 Å². The molecule has 0 fully saturated rings. The van der Waals surface area contributed by atoms with E-state index >= 15 is 0 Å². The lowest BCUT2D eigenvalue weighted by Gasteiger charge is -2.20. The van der Waals surface area contributed by atoms with Crippen LogP contribution in [-0.4, -0.2) is 32.4 Å². The van der Waals surface area contributed by atoms with Crippen LogP contribution in [0.5, 0.6) is 0 Å².